The van der Waals surface area contributed by atoms with E-state index < -0.39 is 11.5 Å². The summed E-state index contributed by atoms with van der Waals surface area (Å²) in [5, 5.41) is 14.1. The number of carboxylic acid groups (broad SMARTS) is 1. The molecule has 1 saturated heterocycles. The lowest BCUT2D eigenvalue weighted by Crippen LogP contribution is -2.51. The maximum absolute atomic E-state index is 12.0. The summed E-state index contributed by atoms with van der Waals surface area (Å²) in [6.07, 6.45) is 4.24. The van der Waals surface area contributed by atoms with E-state index >= 15 is 0 Å². The van der Waals surface area contributed by atoms with E-state index in [1.807, 2.05) is 11.8 Å². The summed E-state index contributed by atoms with van der Waals surface area (Å²) in [6.45, 7) is 2.87. The summed E-state index contributed by atoms with van der Waals surface area (Å²) in [5.74, 6) is 0.394. The van der Waals surface area contributed by atoms with Crippen LogP contribution in [0.15, 0.2) is 18.5 Å². The highest BCUT2D eigenvalue weighted by molar-refractivity contribution is 5.77. The Morgan fingerprint density at radius 3 is 2.24 bits per heavy atom. The molecule has 3 heterocycles. The van der Waals surface area contributed by atoms with Crippen LogP contribution in [-0.2, 0) is 10.3 Å². The number of anilines is 1. The van der Waals surface area contributed by atoms with Gasteiger partial charge in [-0.1, -0.05) is 0 Å². The minimum Gasteiger partial charge on any atom is -0.481 e. The van der Waals surface area contributed by atoms with Gasteiger partial charge in [-0.3, -0.25) is 4.68 Å². The van der Waals surface area contributed by atoms with E-state index in [1.165, 1.54) is 14.2 Å². The molecule has 0 aliphatic carbocycles. The van der Waals surface area contributed by atoms with Gasteiger partial charge in [-0.15, -0.1) is 0 Å². The van der Waals surface area contributed by atoms with Crippen LogP contribution in [0.1, 0.15) is 18.4 Å². The zero-order valence-corrected chi connectivity index (χ0v) is 14.5. The maximum Gasteiger partial charge on any atom is 0.331 e. The number of carboxylic acids is 1. The standard InChI is InChI=1S/C16H21N5O4/c1-11-9-17-21(10-11)16(14(22)23)4-6-20(7-5-16)15-18-12(24-2)8-13(19-15)25-3/h8-10H,4-7H2,1-3H3,(H,22,23). The Balaban J connectivity index is 1.84. The Kier molecular flexibility index (Phi) is 4.47. The molecule has 134 valence electrons. The van der Waals surface area contributed by atoms with Crippen molar-refractivity contribution in [2.24, 2.45) is 0 Å². The van der Waals surface area contributed by atoms with E-state index in [9.17, 15) is 9.90 Å². The van der Waals surface area contributed by atoms with Crippen molar-refractivity contribution in [2.75, 3.05) is 32.2 Å². The average molecular weight is 347 g/mol. The Bertz CT molecular complexity index is 745. The largest absolute Gasteiger partial charge is 0.481 e. The van der Waals surface area contributed by atoms with E-state index in [2.05, 4.69) is 15.1 Å². The molecule has 9 heteroatoms. The Labute approximate surface area is 145 Å². The number of aliphatic carboxylic acids is 1. The molecule has 9 nitrogen and oxygen atoms in total. The van der Waals surface area contributed by atoms with E-state index in [1.54, 1.807) is 23.1 Å². The van der Waals surface area contributed by atoms with E-state index in [4.69, 9.17) is 9.47 Å². The second-order valence-electron chi connectivity index (χ2n) is 6.04. The maximum atomic E-state index is 12.0. The van der Waals surface area contributed by atoms with Crippen LogP contribution < -0.4 is 14.4 Å². The average Bonchev–Trinajstić information content (AvgIpc) is 3.08. The highest BCUT2D eigenvalue weighted by Crippen LogP contribution is 2.32. The summed E-state index contributed by atoms with van der Waals surface area (Å²) < 4.78 is 11.9. The van der Waals surface area contributed by atoms with Gasteiger partial charge >= 0.3 is 5.97 Å². The first-order chi connectivity index (χ1) is 12.0. The normalized spacial score (nSPS) is 16.5. The number of rotatable bonds is 5. The fraction of sp³-hybridized carbons (Fsp3) is 0.500. The molecule has 2 aromatic rings. The molecule has 0 saturated carbocycles. The van der Waals surface area contributed by atoms with E-state index in [-0.39, 0.29) is 0 Å². The summed E-state index contributed by atoms with van der Waals surface area (Å²) >= 11 is 0. The van der Waals surface area contributed by atoms with Crippen molar-refractivity contribution in [1.29, 1.82) is 0 Å². The predicted molar refractivity (Wildman–Crippen MR) is 89.2 cm³/mol. The molecule has 25 heavy (non-hydrogen) atoms. The number of aromatic nitrogens is 4. The fourth-order valence-electron chi connectivity index (χ4n) is 3.01. The van der Waals surface area contributed by atoms with Crippen LogP contribution in [-0.4, -0.2) is 58.1 Å². The van der Waals surface area contributed by atoms with Crippen LogP contribution >= 0.6 is 0 Å². The van der Waals surface area contributed by atoms with Crippen molar-refractivity contribution >= 4 is 11.9 Å². The second kappa shape index (κ2) is 6.58. The lowest BCUT2D eigenvalue weighted by Gasteiger charge is -2.38. The van der Waals surface area contributed by atoms with Crippen LogP contribution in [0.5, 0.6) is 11.8 Å². The third-order valence-electron chi connectivity index (χ3n) is 4.51. The number of aryl methyl sites for hydroxylation is 1. The van der Waals surface area contributed by atoms with Gasteiger partial charge in [0.15, 0.2) is 5.54 Å². The van der Waals surface area contributed by atoms with Crippen molar-refractivity contribution in [3.8, 4) is 11.8 Å². The fourth-order valence-corrected chi connectivity index (χ4v) is 3.01. The van der Waals surface area contributed by atoms with Crippen LogP contribution in [0.4, 0.5) is 5.95 Å². The third-order valence-corrected chi connectivity index (χ3v) is 4.51. The first-order valence-corrected chi connectivity index (χ1v) is 7.95. The molecule has 3 rings (SSSR count). The number of hydrogen-bond acceptors (Lipinski definition) is 7. The number of methoxy groups -OCH3 is 2. The summed E-state index contributed by atoms with van der Waals surface area (Å²) in [6, 6.07) is 1.60. The van der Waals surface area contributed by atoms with Crippen LogP contribution in [0.2, 0.25) is 0 Å². The first-order valence-electron chi connectivity index (χ1n) is 7.95. The highest BCUT2D eigenvalue weighted by atomic mass is 16.5. The molecule has 0 atom stereocenters. The van der Waals surface area contributed by atoms with Crippen LogP contribution in [0.25, 0.3) is 0 Å². The van der Waals surface area contributed by atoms with Crippen molar-refractivity contribution in [2.45, 2.75) is 25.3 Å². The highest BCUT2D eigenvalue weighted by Gasteiger charge is 2.44. The number of hydrogen-bond donors (Lipinski definition) is 1. The molecule has 0 amide bonds. The molecule has 0 bridgehead atoms. The van der Waals surface area contributed by atoms with Crippen molar-refractivity contribution in [1.82, 2.24) is 19.7 Å². The molecular formula is C16H21N5O4. The van der Waals surface area contributed by atoms with Gasteiger partial charge < -0.3 is 19.5 Å². The SMILES string of the molecule is COc1cc(OC)nc(N2CCC(C(=O)O)(n3cc(C)cn3)CC2)n1. The van der Waals surface area contributed by atoms with E-state index in [0.717, 1.165) is 5.56 Å². The molecule has 1 fully saturated rings. The zero-order valence-electron chi connectivity index (χ0n) is 14.5. The topological polar surface area (TPSA) is 103 Å². The van der Waals surface area contributed by atoms with Crippen molar-refractivity contribution in [3.63, 3.8) is 0 Å². The molecule has 1 aliphatic rings. The van der Waals surface area contributed by atoms with Gasteiger partial charge in [0, 0.05) is 32.1 Å². The number of nitrogens with zero attached hydrogens (tertiary/aromatic N) is 5. The molecule has 1 aliphatic heterocycles. The van der Waals surface area contributed by atoms with Gasteiger partial charge in [0.1, 0.15) is 0 Å². The molecule has 0 aromatic carbocycles. The summed E-state index contributed by atoms with van der Waals surface area (Å²) in [5.41, 5.74) is -0.114. The molecule has 1 N–H and O–H groups in total. The molecular weight excluding hydrogens is 326 g/mol. The number of carbonyl (C=O) groups is 1. The van der Waals surface area contributed by atoms with Crippen molar-refractivity contribution < 1.29 is 19.4 Å². The quantitative estimate of drug-likeness (QED) is 0.857. The van der Waals surface area contributed by atoms with Gasteiger partial charge in [0.25, 0.3) is 0 Å². The summed E-state index contributed by atoms with van der Waals surface area (Å²) in [7, 11) is 3.05. The zero-order chi connectivity index (χ0) is 18.0. The van der Waals surface area contributed by atoms with Gasteiger partial charge in [-0.25, -0.2) is 4.79 Å². The smallest absolute Gasteiger partial charge is 0.331 e. The third kappa shape index (κ3) is 3.09. The number of ether oxygens (including phenoxy) is 2. The Morgan fingerprint density at radius 1 is 1.20 bits per heavy atom. The molecule has 2 aromatic heterocycles. The predicted octanol–water partition coefficient (Wildman–Crippen LogP) is 1.08. The first kappa shape index (κ1) is 17.0. The van der Waals surface area contributed by atoms with E-state index in [0.29, 0.717) is 43.6 Å². The van der Waals surface area contributed by atoms with Crippen LogP contribution in [0, 0.1) is 6.92 Å². The minimum absolute atomic E-state index is 0.395. The Hall–Kier alpha value is -2.84. The van der Waals surface area contributed by atoms with Gasteiger partial charge in [0.05, 0.1) is 26.5 Å². The van der Waals surface area contributed by atoms with Gasteiger partial charge in [-0.2, -0.15) is 15.1 Å². The Morgan fingerprint density at radius 2 is 1.80 bits per heavy atom. The summed E-state index contributed by atoms with van der Waals surface area (Å²) in [4.78, 5) is 22.6. The molecule has 0 radical (unpaired) electrons. The number of piperidine rings is 1. The lowest BCUT2D eigenvalue weighted by atomic mass is 9.87. The molecule has 0 spiro atoms. The van der Waals surface area contributed by atoms with Crippen molar-refractivity contribution in [3.05, 3.63) is 24.0 Å². The minimum atomic E-state index is -1.05. The monoisotopic (exact) mass is 347 g/mol. The molecule has 0 unspecified atom stereocenters. The van der Waals surface area contributed by atoms with Gasteiger partial charge in [-0.05, 0) is 12.5 Å². The van der Waals surface area contributed by atoms with Gasteiger partial charge in [0.2, 0.25) is 17.7 Å². The second-order valence-corrected chi connectivity index (χ2v) is 6.04. The lowest BCUT2D eigenvalue weighted by molar-refractivity contribution is -0.149. The van der Waals surface area contributed by atoms with Crippen LogP contribution in [0.3, 0.4) is 0 Å².